The predicted molar refractivity (Wildman–Crippen MR) is 96.9 cm³/mol. The molecule has 4 rings (SSSR count). The van der Waals surface area contributed by atoms with Gasteiger partial charge in [-0.1, -0.05) is 35.5 Å². The van der Waals surface area contributed by atoms with Crippen LogP contribution in [0.2, 0.25) is 0 Å². The van der Waals surface area contributed by atoms with E-state index in [1.54, 1.807) is 29.4 Å². The number of hydrogen-bond donors (Lipinski definition) is 0. The van der Waals surface area contributed by atoms with Crippen molar-refractivity contribution in [2.45, 2.75) is 18.8 Å². The number of carbonyl (C=O) groups excluding carboxylic acids is 2. The van der Waals surface area contributed by atoms with Crippen LogP contribution in [0.5, 0.6) is 0 Å². The van der Waals surface area contributed by atoms with Crippen LogP contribution in [0, 0.1) is 0 Å². The summed E-state index contributed by atoms with van der Waals surface area (Å²) in [7, 11) is 0. The Kier molecular flexibility index (Phi) is 4.74. The van der Waals surface area contributed by atoms with Crippen molar-refractivity contribution < 1.29 is 14.1 Å². The predicted octanol–water partition coefficient (Wildman–Crippen LogP) is 2.72. The van der Waals surface area contributed by atoms with E-state index in [1.807, 2.05) is 30.3 Å². The topological polar surface area (TPSA) is 89.2 Å². The monoisotopic (exact) mass is 362 g/mol. The third kappa shape index (κ3) is 3.76. The van der Waals surface area contributed by atoms with E-state index >= 15 is 0 Å². The first kappa shape index (κ1) is 17.1. The van der Waals surface area contributed by atoms with E-state index in [0.29, 0.717) is 30.4 Å². The van der Waals surface area contributed by atoms with Crippen molar-refractivity contribution in [2.24, 2.45) is 0 Å². The van der Waals surface area contributed by atoms with Crippen molar-refractivity contribution in [1.29, 1.82) is 0 Å². The number of Topliss-reactive ketones (excluding diaryl/α,β-unsaturated/α-hetero) is 1. The van der Waals surface area contributed by atoms with Crippen LogP contribution in [0.15, 0.2) is 59.4 Å². The quantitative estimate of drug-likeness (QED) is 0.627. The second kappa shape index (κ2) is 7.49. The minimum absolute atomic E-state index is 0.0148. The van der Waals surface area contributed by atoms with Crippen LogP contribution >= 0.6 is 0 Å². The molecule has 0 aliphatic carbocycles. The molecule has 1 aliphatic heterocycles. The van der Waals surface area contributed by atoms with Crippen molar-refractivity contribution in [2.75, 3.05) is 13.1 Å². The molecule has 0 bridgehead atoms. The summed E-state index contributed by atoms with van der Waals surface area (Å²) < 4.78 is 5.33. The number of carbonyl (C=O) groups is 2. The Morgan fingerprint density at radius 3 is 2.63 bits per heavy atom. The molecule has 0 saturated carbocycles. The van der Waals surface area contributed by atoms with Gasteiger partial charge in [0, 0.05) is 49.5 Å². The fraction of sp³-hybridized carbons (Fsp3) is 0.250. The third-order valence-electron chi connectivity index (χ3n) is 4.61. The standard InChI is InChI=1S/C20H18N4O3/c25-17(14-5-2-1-3-6-14)8-9-18(26)24-12-16(13-24)20-22-19(23-27-20)15-7-4-10-21-11-15/h1-7,10-11,16H,8-9,12-13H2. The summed E-state index contributed by atoms with van der Waals surface area (Å²) in [5, 5.41) is 3.98. The highest BCUT2D eigenvalue weighted by Gasteiger charge is 2.35. The summed E-state index contributed by atoms with van der Waals surface area (Å²) in [5.74, 6) is 1.02. The number of rotatable bonds is 6. The van der Waals surface area contributed by atoms with Gasteiger partial charge in [-0.05, 0) is 12.1 Å². The molecular formula is C20H18N4O3. The number of nitrogens with zero attached hydrogens (tertiary/aromatic N) is 4. The van der Waals surface area contributed by atoms with Crippen molar-refractivity contribution >= 4 is 11.7 Å². The van der Waals surface area contributed by atoms with Crippen LogP contribution in [-0.2, 0) is 4.79 Å². The van der Waals surface area contributed by atoms with Crippen molar-refractivity contribution in [3.63, 3.8) is 0 Å². The lowest BCUT2D eigenvalue weighted by Gasteiger charge is -2.37. The molecule has 3 aromatic rings. The molecule has 0 spiro atoms. The Morgan fingerprint density at radius 2 is 1.89 bits per heavy atom. The minimum atomic E-state index is -0.0254. The van der Waals surface area contributed by atoms with Gasteiger partial charge >= 0.3 is 0 Å². The lowest BCUT2D eigenvalue weighted by molar-refractivity contribution is -0.135. The molecule has 1 amide bonds. The molecule has 7 heteroatoms. The maximum Gasteiger partial charge on any atom is 0.233 e. The highest BCUT2D eigenvalue weighted by Crippen LogP contribution is 2.28. The second-order valence-electron chi connectivity index (χ2n) is 6.48. The lowest BCUT2D eigenvalue weighted by Crippen LogP contribution is -2.48. The Morgan fingerprint density at radius 1 is 1.07 bits per heavy atom. The molecule has 27 heavy (non-hydrogen) atoms. The van der Waals surface area contributed by atoms with Crippen LogP contribution in [0.25, 0.3) is 11.4 Å². The van der Waals surface area contributed by atoms with Crippen LogP contribution in [0.4, 0.5) is 0 Å². The zero-order valence-electron chi connectivity index (χ0n) is 14.6. The van der Waals surface area contributed by atoms with Gasteiger partial charge in [0.15, 0.2) is 5.78 Å². The van der Waals surface area contributed by atoms with E-state index in [2.05, 4.69) is 15.1 Å². The highest BCUT2D eigenvalue weighted by molar-refractivity contribution is 5.97. The number of likely N-dealkylation sites (tertiary alicyclic amines) is 1. The molecule has 1 saturated heterocycles. The molecule has 1 aromatic carbocycles. The average molecular weight is 362 g/mol. The van der Waals surface area contributed by atoms with Crippen LogP contribution in [0.1, 0.15) is 35.0 Å². The molecule has 136 valence electrons. The lowest BCUT2D eigenvalue weighted by atomic mass is 9.98. The number of ketones is 1. The Balaban J connectivity index is 1.27. The second-order valence-corrected chi connectivity index (χ2v) is 6.48. The number of pyridine rings is 1. The zero-order valence-corrected chi connectivity index (χ0v) is 14.6. The van der Waals surface area contributed by atoms with Gasteiger partial charge in [-0.2, -0.15) is 4.98 Å². The van der Waals surface area contributed by atoms with Gasteiger partial charge in [0.1, 0.15) is 0 Å². The average Bonchev–Trinajstić information content (AvgIpc) is 3.16. The first-order chi connectivity index (χ1) is 13.2. The molecule has 0 atom stereocenters. The van der Waals surface area contributed by atoms with Gasteiger partial charge in [0.25, 0.3) is 0 Å². The van der Waals surface area contributed by atoms with E-state index in [1.165, 1.54) is 0 Å². The van der Waals surface area contributed by atoms with Crippen LogP contribution < -0.4 is 0 Å². The smallest absolute Gasteiger partial charge is 0.233 e. The molecule has 3 heterocycles. The van der Waals surface area contributed by atoms with Gasteiger partial charge in [-0.15, -0.1) is 0 Å². The van der Waals surface area contributed by atoms with E-state index in [-0.39, 0.29) is 30.4 Å². The number of hydrogen-bond acceptors (Lipinski definition) is 6. The van der Waals surface area contributed by atoms with Crippen LogP contribution in [0.3, 0.4) is 0 Å². The molecule has 1 aliphatic rings. The highest BCUT2D eigenvalue weighted by atomic mass is 16.5. The Labute approximate surface area is 156 Å². The Bertz CT molecular complexity index is 934. The number of aromatic nitrogens is 3. The molecule has 2 aromatic heterocycles. The van der Waals surface area contributed by atoms with Crippen molar-refractivity contribution in [3.8, 4) is 11.4 Å². The SMILES string of the molecule is O=C(CCC(=O)N1CC(c2nc(-c3cccnc3)no2)C1)c1ccccc1. The van der Waals surface area contributed by atoms with E-state index in [0.717, 1.165) is 5.56 Å². The normalized spacial score (nSPS) is 14.0. The first-order valence-corrected chi connectivity index (χ1v) is 8.81. The van der Waals surface area contributed by atoms with Gasteiger partial charge in [0.05, 0.1) is 5.92 Å². The van der Waals surface area contributed by atoms with Gasteiger partial charge in [0.2, 0.25) is 17.6 Å². The summed E-state index contributed by atoms with van der Waals surface area (Å²) >= 11 is 0. The first-order valence-electron chi connectivity index (χ1n) is 8.81. The minimum Gasteiger partial charge on any atom is -0.341 e. The summed E-state index contributed by atoms with van der Waals surface area (Å²) in [6, 6.07) is 12.7. The van der Waals surface area contributed by atoms with Crippen LogP contribution in [-0.4, -0.2) is 44.8 Å². The zero-order chi connectivity index (χ0) is 18.6. The fourth-order valence-electron chi connectivity index (χ4n) is 3.00. The van der Waals surface area contributed by atoms with Crippen molar-refractivity contribution in [1.82, 2.24) is 20.0 Å². The summed E-state index contributed by atoms with van der Waals surface area (Å²) in [6.07, 6.45) is 3.79. The van der Waals surface area contributed by atoms with Gasteiger partial charge in [-0.3, -0.25) is 14.6 Å². The molecule has 1 fully saturated rings. The fourth-order valence-corrected chi connectivity index (χ4v) is 3.00. The number of benzene rings is 1. The molecule has 0 radical (unpaired) electrons. The van der Waals surface area contributed by atoms with E-state index < -0.39 is 0 Å². The Hall–Kier alpha value is -3.35. The van der Waals surface area contributed by atoms with E-state index in [4.69, 9.17) is 4.52 Å². The van der Waals surface area contributed by atoms with E-state index in [9.17, 15) is 9.59 Å². The summed E-state index contributed by atoms with van der Waals surface area (Å²) in [5.41, 5.74) is 1.43. The van der Waals surface area contributed by atoms with Crippen molar-refractivity contribution in [3.05, 3.63) is 66.3 Å². The summed E-state index contributed by atoms with van der Waals surface area (Å²) in [4.78, 5) is 34.5. The maximum absolute atomic E-state index is 12.3. The molecular weight excluding hydrogens is 344 g/mol. The number of amides is 1. The summed E-state index contributed by atoms with van der Waals surface area (Å²) in [6.45, 7) is 1.07. The molecule has 0 unspecified atom stereocenters. The third-order valence-corrected chi connectivity index (χ3v) is 4.61. The van der Waals surface area contributed by atoms with Gasteiger partial charge in [-0.25, -0.2) is 0 Å². The largest absolute Gasteiger partial charge is 0.341 e. The maximum atomic E-state index is 12.3. The van der Waals surface area contributed by atoms with Gasteiger partial charge < -0.3 is 9.42 Å². The molecule has 7 nitrogen and oxygen atoms in total. The molecule has 0 N–H and O–H groups in total.